The van der Waals surface area contributed by atoms with Crippen LogP contribution in [0.3, 0.4) is 0 Å². The minimum absolute atomic E-state index is 0.492. The van der Waals surface area contributed by atoms with Crippen LogP contribution in [0, 0.1) is 12.8 Å². The van der Waals surface area contributed by atoms with Crippen molar-refractivity contribution in [2.45, 2.75) is 26.4 Å². The van der Waals surface area contributed by atoms with E-state index in [0.717, 1.165) is 43.5 Å². The third kappa shape index (κ3) is 6.00. The van der Waals surface area contributed by atoms with E-state index in [-0.39, 0.29) is 0 Å². The van der Waals surface area contributed by atoms with Crippen LogP contribution < -0.4 is 15.4 Å². The van der Waals surface area contributed by atoms with Crippen LogP contribution >= 0.6 is 0 Å². The average Bonchev–Trinajstić information content (AvgIpc) is 3.22. The fraction of sp³-hybridized carbons (Fsp3) is 0.409. The molecule has 0 spiro atoms. The number of rotatable bonds is 7. The highest BCUT2D eigenvalue weighted by atomic mass is 16.5. The Morgan fingerprint density at radius 1 is 1.15 bits per heavy atom. The Balaban J connectivity index is 1.55. The van der Waals surface area contributed by atoms with Crippen molar-refractivity contribution >= 4 is 5.96 Å². The van der Waals surface area contributed by atoms with Gasteiger partial charge in [-0.15, -0.1) is 0 Å². The molecule has 0 radical (unpaired) electrons. The summed E-state index contributed by atoms with van der Waals surface area (Å²) in [6, 6.07) is 16.6. The summed E-state index contributed by atoms with van der Waals surface area (Å²) >= 11 is 0. The Morgan fingerprint density at radius 3 is 2.70 bits per heavy atom. The largest absolute Gasteiger partial charge is 0.493 e. The number of nitrogens with one attached hydrogen (secondary N) is 2. The van der Waals surface area contributed by atoms with E-state index < -0.39 is 0 Å². The van der Waals surface area contributed by atoms with Gasteiger partial charge in [-0.1, -0.05) is 42.5 Å². The van der Waals surface area contributed by atoms with Crippen LogP contribution in [0.15, 0.2) is 53.5 Å². The molecule has 1 saturated heterocycles. The standard InChI is InChI=1S/C22H29N3O2/c1-17-8-9-20(21(12-17)27-16-19-10-11-26-15-19)14-25-22(23-2)24-13-18-6-4-3-5-7-18/h3-9,12,19H,10-11,13-16H2,1-2H3,(H2,23,24,25). The summed E-state index contributed by atoms with van der Waals surface area (Å²) in [7, 11) is 1.78. The molecule has 0 aliphatic carbocycles. The third-order valence-corrected chi connectivity index (χ3v) is 4.69. The zero-order valence-corrected chi connectivity index (χ0v) is 16.2. The van der Waals surface area contributed by atoms with Crippen LogP contribution in [-0.2, 0) is 17.8 Å². The van der Waals surface area contributed by atoms with Crippen LogP contribution in [0.1, 0.15) is 23.1 Å². The predicted octanol–water partition coefficient (Wildman–Crippen LogP) is 3.28. The van der Waals surface area contributed by atoms with Crippen molar-refractivity contribution in [3.63, 3.8) is 0 Å². The minimum Gasteiger partial charge on any atom is -0.493 e. The summed E-state index contributed by atoms with van der Waals surface area (Å²) in [5.41, 5.74) is 3.55. The first-order valence-corrected chi connectivity index (χ1v) is 9.53. The molecular formula is C22H29N3O2. The molecule has 1 heterocycles. The predicted molar refractivity (Wildman–Crippen MR) is 109 cm³/mol. The maximum Gasteiger partial charge on any atom is 0.191 e. The number of nitrogens with zero attached hydrogens (tertiary/aromatic N) is 1. The number of aryl methyl sites for hydroxylation is 1. The van der Waals surface area contributed by atoms with Crippen LogP contribution in [0.5, 0.6) is 5.75 Å². The van der Waals surface area contributed by atoms with E-state index in [1.54, 1.807) is 7.05 Å². The van der Waals surface area contributed by atoms with E-state index >= 15 is 0 Å². The Bertz CT molecular complexity index is 740. The molecule has 2 N–H and O–H groups in total. The van der Waals surface area contributed by atoms with E-state index in [2.05, 4.69) is 52.9 Å². The first-order chi connectivity index (χ1) is 13.2. The third-order valence-electron chi connectivity index (χ3n) is 4.69. The van der Waals surface area contributed by atoms with E-state index in [0.29, 0.717) is 19.1 Å². The molecule has 27 heavy (non-hydrogen) atoms. The number of ether oxygens (including phenoxy) is 2. The SMILES string of the molecule is CN=C(NCc1ccccc1)NCc1ccc(C)cc1OCC1CCOC1. The lowest BCUT2D eigenvalue weighted by atomic mass is 10.1. The lowest BCUT2D eigenvalue weighted by Gasteiger charge is -2.17. The normalized spacial score (nSPS) is 17.0. The van der Waals surface area contributed by atoms with Crippen LogP contribution in [0.25, 0.3) is 0 Å². The highest BCUT2D eigenvalue weighted by molar-refractivity contribution is 5.79. The van der Waals surface area contributed by atoms with E-state index in [1.165, 1.54) is 11.1 Å². The molecule has 5 nitrogen and oxygen atoms in total. The number of guanidine groups is 1. The van der Waals surface area contributed by atoms with Gasteiger partial charge < -0.3 is 20.1 Å². The van der Waals surface area contributed by atoms with Crippen molar-refractivity contribution in [2.75, 3.05) is 26.9 Å². The summed E-state index contributed by atoms with van der Waals surface area (Å²) < 4.78 is 11.6. The van der Waals surface area contributed by atoms with Crippen LogP contribution in [-0.4, -0.2) is 32.8 Å². The molecule has 2 aromatic rings. The van der Waals surface area contributed by atoms with Gasteiger partial charge in [0.05, 0.1) is 13.2 Å². The second-order valence-electron chi connectivity index (χ2n) is 6.92. The lowest BCUT2D eigenvalue weighted by Crippen LogP contribution is -2.36. The van der Waals surface area contributed by atoms with Crippen LogP contribution in [0.2, 0.25) is 0 Å². The molecule has 0 amide bonds. The molecule has 0 aromatic heterocycles. The van der Waals surface area contributed by atoms with Crippen LogP contribution in [0.4, 0.5) is 0 Å². The first kappa shape index (κ1) is 19.2. The zero-order valence-electron chi connectivity index (χ0n) is 16.2. The van der Waals surface area contributed by atoms with Gasteiger partial charge in [0.2, 0.25) is 0 Å². The molecule has 0 saturated carbocycles. The summed E-state index contributed by atoms with van der Waals surface area (Å²) in [6.07, 6.45) is 1.08. The fourth-order valence-electron chi connectivity index (χ4n) is 3.05. The Labute approximate surface area is 161 Å². The summed E-state index contributed by atoms with van der Waals surface area (Å²) in [6.45, 7) is 5.83. The van der Waals surface area contributed by atoms with Gasteiger partial charge in [0.1, 0.15) is 5.75 Å². The van der Waals surface area contributed by atoms with Crippen molar-refractivity contribution in [3.05, 3.63) is 65.2 Å². The maximum absolute atomic E-state index is 6.12. The molecule has 1 aliphatic rings. The Morgan fingerprint density at radius 2 is 1.96 bits per heavy atom. The molecule has 0 bridgehead atoms. The van der Waals surface area contributed by atoms with Gasteiger partial charge in [-0.05, 0) is 30.5 Å². The number of hydrogen-bond donors (Lipinski definition) is 2. The van der Waals surface area contributed by atoms with Gasteiger partial charge in [0.25, 0.3) is 0 Å². The summed E-state index contributed by atoms with van der Waals surface area (Å²) in [5, 5.41) is 6.72. The molecule has 1 unspecified atom stereocenters. The highest BCUT2D eigenvalue weighted by Crippen LogP contribution is 2.22. The molecule has 144 valence electrons. The zero-order chi connectivity index (χ0) is 18.9. The molecule has 5 heteroatoms. The molecule has 1 atom stereocenters. The molecule has 2 aromatic carbocycles. The fourth-order valence-corrected chi connectivity index (χ4v) is 3.05. The topological polar surface area (TPSA) is 54.9 Å². The monoisotopic (exact) mass is 367 g/mol. The number of benzene rings is 2. The lowest BCUT2D eigenvalue weighted by molar-refractivity contribution is 0.166. The van der Waals surface area contributed by atoms with E-state index in [4.69, 9.17) is 9.47 Å². The first-order valence-electron chi connectivity index (χ1n) is 9.53. The molecule has 3 rings (SSSR count). The second-order valence-corrected chi connectivity index (χ2v) is 6.92. The quantitative estimate of drug-likeness (QED) is 0.583. The number of aliphatic imine (C=N–C) groups is 1. The second kappa shape index (κ2) is 9.97. The highest BCUT2D eigenvalue weighted by Gasteiger charge is 2.17. The van der Waals surface area contributed by atoms with Crippen molar-refractivity contribution in [1.82, 2.24) is 10.6 Å². The van der Waals surface area contributed by atoms with Gasteiger partial charge in [-0.25, -0.2) is 0 Å². The van der Waals surface area contributed by atoms with Crippen molar-refractivity contribution in [2.24, 2.45) is 10.9 Å². The van der Waals surface area contributed by atoms with Gasteiger partial charge in [0, 0.05) is 38.2 Å². The van der Waals surface area contributed by atoms with Gasteiger partial charge >= 0.3 is 0 Å². The minimum atomic E-state index is 0.492. The Hall–Kier alpha value is -2.53. The molecule has 1 fully saturated rings. The summed E-state index contributed by atoms with van der Waals surface area (Å²) in [4.78, 5) is 4.31. The summed E-state index contributed by atoms with van der Waals surface area (Å²) in [5.74, 6) is 2.20. The van der Waals surface area contributed by atoms with Crippen molar-refractivity contribution < 1.29 is 9.47 Å². The van der Waals surface area contributed by atoms with Gasteiger partial charge in [-0.3, -0.25) is 4.99 Å². The number of hydrogen-bond acceptors (Lipinski definition) is 3. The average molecular weight is 367 g/mol. The van der Waals surface area contributed by atoms with Crippen molar-refractivity contribution in [3.8, 4) is 5.75 Å². The smallest absolute Gasteiger partial charge is 0.191 e. The van der Waals surface area contributed by atoms with Gasteiger partial charge in [-0.2, -0.15) is 0 Å². The maximum atomic E-state index is 6.12. The van der Waals surface area contributed by atoms with E-state index in [9.17, 15) is 0 Å². The Kier molecular flexibility index (Phi) is 7.11. The van der Waals surface area contributed by atoms with E-state index in [1.807, 2.05) is 18.2 Å². The molecular weight excluding hydrogens is 338 g/mol. The van der Waals surface area contributed by atoms with Gasteiger partial charge in [0.15, 0.2) is 5.96 Å². The van der Waals surface area contributed by atoms with Crippen molar-refractivity contribution in [1.29, 1.82) is 0 Å². The molecule has 1 aliphatic heterocycles.